The zero-order chi connectivity index (χ0) is 13.0. The van der Waals surface area contributed by atoms with Gasteiger partial charge in [0.25, 0.3) is 0 Å². The molecule has 1 aromatic carbocycles. The van der Waals surface area contributed by atoms with Crippen molar-refractivity contribution >= 4 is 34.1 Å². The summed E-state index contributed by atoms with van der Waals surface area (Å²) in [6, 6.07) is 5.82. The topological polar surface area (TPSA) is 72.3 Å². The summed E-state index contributed by atoms with van der Waals surface area (Å²) in [5.41, 5.74) is 8.34. The Hall–Kier alpha value is -1.92. The lowest BCUT2D eigenvalue weighted by molar-refractivity contribution is 0.515. The first kappa shape index (κ1) is 11.0. The lowest BCUT2D eigenvalue weighted by Crippen LogP contribution is -2.56. The number of hydrogen-bond acceptors (Lipinski definition) is 5. The van der Waals surface area contributed by atoms with Gasteiger partial charge in [0, 0.05) is 24.2 Å². The quantitative estimate of drug-likeness (QED) is 0.719. The van der Waals surface area contributed by atoms with Gasteiger partial charge in [-0.1, -0.05) is 11.6 Å². The molecule has 4 rings (SSSR count). The van der Waals surface area contributed by atoms with Crippen molar-refractivity contribution in [2.24, 2.45) is 5.73 Å². The molecule has 1 aliphatic heterocycles. The predicted octanol–water partition coefficient (Wildman–Crippen LogP) is 1.08. The number of aromatic nitrogens is 4. The van der Waals surface area contributed by atoms with Crippen LogP contribution in [0.2, 0.25) is 5.02 Å². The highest BCUT2D eigenvalue weighted by Gasteiger charge is 2.27. The summed E-state index contributed by atoms with van der Waals surface area (Å²) in [6.07, 6.45) is 1.68. The van der Waals surface area contributed by atoms with Crippen molar-refractivity contribution in [3.05, 3.63) is 29.5 Å². The molecule has 6 nitrogen and oxygen atoms in total. The van der Waals surface area contributed by atoms with E-state index in [1.807, 2.05) is 22.6 Å². The Morgan fingerprint density at radius 3 is 2.95 bits per heavy atom. The Labute approximate surface area is 113 Å². The Morgan fingerprint density at radius 2 is 2.16 bits per heavy atom. The molecule has 0 unspecified atom stereocenters. The maximum atomic E-state index is 6.04. The molecule has 1 fully saturated rings. The van der Waals surface area contributed by atoms with Gasteiger partial charge in [-0.3, -0.25) is 4.40 Å². The second-order valence-electron chi connectivity index (χ2n) is 4.76. The third-order valence-corrected chi connectivity index (χ3v) is 3.62. The van der Waals surface area contributed by atoms with E-state index in [4.69, 9.17) is 17.3 Å². The first-order valence-corrected chi connectivity index (χ1v) is 6.40. The molecule has 0 atom stereocenters. The normalized spacial score (nSPS) is 16.2. The molecule has 0 bridgehead atoms. The number of nitrogens with zero attached hydrogens (tertiary/aromatic N) is 5. The maximum absolute atomic E-state index is 6.04. The van der Waals surface area contributed by atoms with E-state index in [9.17, 15) is 0 Å². The number of halogens is 1. The van der Waals surface area contributed by atoms with Crippen molar-refractivity contribution in [2.45, 2.75) is 6.04 Å². The second kappa shape index (κ2) is 3.79. The van der Waals surface area contributed by atoms with Crippen LogP contribution in [0.3, 0.4) is 0 Å². The van der Waals surface area contributed by atoms with E-state index < -0.39 is 0 Å². The van der Waals surface area contributed by atoms with E-state index in [1.54, 1.807) is 6.33 Å². The molecule has 0 radical (unpaired) electrons. The fraction of sp³-hybridized carbons (Fsp3) is 0.250. The van der Waals surface area contributed by atoms with Crippen LogP contribution in [0.15, 0.2) is 24.5 Å². The molecule has 3 aromatic rings. The Kier molecular flexibility index (Phi) is 2.18. The summed E-state index contributed by atoms with van der Waals surface area (Å²) in [5.74, 6) is 0.828. The number of nitrogens with two attached hydrogens (primary N) is 1. The molecule has 2 aromatic heterocycles. The van der Waals surface area contributed by atoms with E-state index in [2.05, 4.69) is 20.1 Å². The SMILES string of the molecule is NC1CN(c2nc3ccc(Cl)cc3n3cnnc23)C1. The van der Waals surface area contributed by atoms with E-state index in [-0.39, 0.29) is 6.04 Å². The largest absolute Gasteiger partial charge is 0.350 e. The van der Waals surface area contributed by atoms with Gasteiger partial charge < -0.3 is 10.6 Å². The fourth-order valence-electron chi connectivity index (χ4n) is 2.41. The number of benzene rings is 1. The van der Waals surface area contributed by atoms with Gasteiger partial charge >= 0.3 is 0 Å². The van der Waals surface area contributed by atoms with Crippen molar-refractivity contribution < 1.29 is 0 Å². The predicted molar refractivity (Wildman–Crippen MR) is 73.5 cm³/mol. The standard InChI is InChI=1S/C12H11ClN6/c13-7-1-2-9-10(3-7)19-6-15-17-12(19)11(16-9)18-4-8(14)5-18/h1-3,6,8H,4-5,14H2. The molecule has 0 saturated carbocycles. The molecule has 0 spiro atoms. The zero-order valence-electron chi connectivity index (χ0n) is 9.99. The Bertz CT molecular complexity index is 776. The van der Waals surface area contributed by atoms with E-state index in [0.717, 1.165) is 35.6 Å². The van der Waals surface area contributed by atoms with Gasteiger partial charge in [-0.05, 0) is 18.2 Å². The van der Waals surface area contributed by atoms with Crippen LogP contribution in [-0.4, -0.2) is 38.7 Å². The molecule has 96 valence electrons. The number of rotatable bonds is 1. The zero-order valence-corrected chi connectivity index (χ0v) is 10.7. The molecular weight excluding hydrogens is 264 g/mol. The Morgan fingerprint density at radius 1 is 1.32 bits per heavy atom. The molecular formula is C12H11ClN6. The first-order chi connectivity index (χ1) is 9.22. The molecule has 3 heterocycles. The van der Waals surface area contributed by atoms with Crippen molar-refractivity contribution in [1.29, 1.82) is 0 Å². The smallest absolute Gasteiger partial charge is 0.204 e. The lowest BCUT2D eigenvalue weighted by atomic mass is 10.1. The molecule has 1 aliphatic rings. The fourth-order valence-corrected chi connectivity index (χ4v) is 2.58. The van der Waals surface area contributed by atoms with Gasteiger partial charge in [0.15, 0.2) is 5.82 Å². The van der Waals surface area contributed by atoms with Crippen molar-refractivity contribution in [2.75, 3.05) is 18.0 Å². The Balaban J connectivity index is 2.02. The first-order valence-electron chi connectivity index (χ1n) is 6.02. The highest BCUT2D eigenvalue weighted by molar-refractivity contribution is 6.31. The summed E-state index contributed by atoms with van der Waals surface area (Å²) >= 11 is 6.04. The van der Waals surface area contributed by atoms with E-state index in [1.165, 1.54) is 0 Å². The van der Waals surface area contributed by atoms with Gasteiger partial charge in [-0.15, -0.1) is 10.2 Å². The minimum absolute atomic E-state index is 0.214. The van der Waals surface area contributed by atoms with Crippen LogP contribution >= 0.6 is 11.6 Å². The van der Waals surface area contributed by atoms with Crippen LogP contribution in [-0.2, 0) is 0 Å². The van der Waals surface area contributed by atoms with Crippen LogP contribution < -0.4 is 10.6 Å². The highest BCUT2D eigenvalue weighted by Crippen LogP contribution is 2.27. The summed E-state index contributed by atoms with van der Waals surface area (Å²) in [4.78, 5) is 6.78. The van der Waals surface area contributed by atoms with Crippen molar-refractivity contribution in [3.8, 4) is 0 Å². The highest BCUT2D eigenvalue weighted by atomic mass is 35.5. The van der Waals surface area contributed by atoms with Crippen molar-refractivity contribution in [1.82, 2.24) is 19.6 Å². The van der Waals surface area contributed by atoms with Gasteiger partial charge in [-0.25, -0.2) is 4.98 Å². The summed E-state index contributed by atoms with van der Waals surface area (Å²) in [5, 5.41) is 8.79. The van der Waals surface area contributed by atoms with E-state index >= 15 is 0 Å². The molecule has 1 saturated heterocycles. The average Bonchev–Trinajstić information content (AvgIpc) is 2.84. The number of hydrogen-bond donors (Lipinski definition) is 1. The monoisotopic (exact) mass is 274 g/mol. The van der Waals surface area contributed by atoms with Crippen LogP contribution in [0.25, 0.3) is 16.7 Å². The van der Waals surface area contributed by atoms with E-state index in [0.29, 0.717) is 5.02 Å². The molecule has 0 aliphatic carbocycles. The van der Waals surface area contributed by atoms with Gasteiger partial charge in [0.1, 0.15) is 6.33 Å². The minimum Gasteiger partial charge on any atom is -0.350 e. The number of fused-ring (bicyclic) bond motifs is 3. The van der Waals surface area contributed by atoms with Crippen LogP contribution in [0.1, 0.15) is 0 Å². The van der Waals surface area contributed by atoms with Gasteiger partial charge in [0.05, 0.1) is 11.0 Å². The van der Waals surface area contributed by atoms with Crippen LogP contribution in [0, 0.1) is 0 Å². The average molecular weight is 275 g/mol. The summed E-state index contributed by atoms with van der Waals surface area (Å²) < 4.78 is 1.91. The summed E-state index contributed by atoms with van der Waals surface area (Å²) in [6.45, 7) is 1.60. The maximum Gasteiger partial charge on any atom is 0.204 e. The number of anilines is 1. The molecule has 19 heavy (non-hydrogen) atoms. The molecule has 2 N–H and O–H groups in total. The van der Waals surface area contributed by atoms with Gasteiger partial charge in [0.2, 0.25) is 5.65 Å². The van der Waals surface area contributed by atoms with Crippen molar-refractivity contribution in [3.63, 3.8) is 0 Å². The molecule has 0 amide bonds. The summed E-state index contributed by atoms with van der Waals surface area (Å²) in [7, 11) is 0. The minimum atomic E-state index is 0.214. The lowest BCUT2D eigenvalue weighted by Gasteiger charge is -2.37. The van der Waals surface area contributed by atoms with Gasteiger partial charge in [-0.2, -0.15) is 0 Å². The second-order valence-corrected chi connectivity index (χ2v) is 5.19. The third kappa shape index (κ3) is 1.57. The van der Waals surface area contributed by atoms with Crippen LogP contribution in [0.4, 0.5) is 5.82 Å². The molecule has 7 heteroatoms. The third-order valence-electron chi connectivity index (χ3n) is 3.38. The van der Waals surface area contributed by atoms with Crippen LogP contribution in [0.5, 0.6) is 0 Å².